The molecule has 1 aliphatic carbocycles. The Morgan fingerprint density at radius 3 is 2.64 bits per heavy atom. The van der Waals surface area contributed by atoms with E-state index in [0.717, 1.165) is 19.3 Å². The Balaban J connectivity index is 2.00. The van der Waals surface area contributed by atoms with Gasteiger partial charge < -0.3 is 15.0 Å². The van der Waals surface area contributed by atoms with E-state index in [1.165, 1.54) is 13.2 Å². The van der Waals surface area contributed by atoms with Crippen molar-refractivity contribution in [1.29, 1.82) is 0 Å². The molecule has 2 aromatic rings. The van der Waals surface area contributed by atoms with Crippen molar-refractivity contribution in [2.75, 3.05) is 7.11 Å². The standard InChI is InChI=1S/C16H22N4O4S/c1-10(2)20-25(21,22)13-9-11(5-6-12(13)23-3)14-18-15(19-24-14)16(17)7-4-8-16/h5-6,9-10,20H,4,7-8,17H2,1-3H3. The third-order valence-electron chi connectivity index (χ3n) is 4.21. The molecule has 1 aromatic carbocycles. The molecule has 1 saturated carbocycles. The smallest absolute Gasteiger partial charge is 0.258 e. The lowest BCUT2D eigenvalue weighted by molar-refractivity contribution is 0.229. The van der Waals surface area contributed by atoms with Crippen molar-refractivity contribution in [3.05, 3.63) is 24.0 Å². The molecule has 0 bridgehead atoms. The summed E-state index contributed by atoms with van der Waals surface area (Å²) in [4.78, 5) is 4.38. The van der Waals surface area contributed by atoms with Crippen LogP contribution in [0.25, 0.3) is 11.5 Å². The predicted octanol–water partition coefficient (Wildman–Crippen LogP) is 1.77. The highest BCUT2D eigenvalue weighted by molar-refractivity contribution is 7.89. The van der Waals surface area contributed by atoms with Crippen LogP contribution in [0.1, 0.15) is 38.9 Å². The lowest BCUT2D eigenvalue weighted by atomic mass is 9.77. The van der Waals surface area contributed by atoms with Gasteiger partial charge in [0.2, 0.25) is 10.0 Å². The zero-order chi connectivity index (χ0) is 18.2. The van der Waals surface area contributed by atoms with E-state index in [0.29, 0.717) is 11.4 Å². The van der Waals surface area contributed by atoms with Gasteiger partial charge in [-0.3, -0.25) is 0 Å². The van der Waals surface area contributed by atoms with E-state index >= 15 is 0 Å². The highest BCUT2D eigenvalue weighted by Gasteiger charge is 2.39. The van der Waals surface area contributed by atoms with Crippen molar-refractivity contribution in [2.24, 2.45) is 5.73 Å². The molecule has 0 saturated heterocycles. The average Bonchev–Trinajstić information content (AvgIpc) is 3.01. The zero-order valence-corrected chi connectivity index (χ0v) is 15.3. The second-order valence-electron chi connectivity index (χ2n) is 6.57. The zero-order valence-electron chi connectivity index (χ0n) is 14.4. The molecule has 0 radical (unpaired) electrons. The fraction of sp³-hybridized carbons (Fsp3) is 0.500. The first-order valence-electron chi connectivity index (χ1n) is 8.09. The lowest BCUT2D eigenvalue weighted by Crippen LogP contribution is -2.44. The van der Waals surface area contributed by atoms with Crippen LogP contribution >= 0.6 is 0 Å². The van der Waals surface area contributed by atoms with E-state index in [-0.39, 0.29) is 22.6 Å². The topological polar surface area (TPSA) is 120 Å². The Kier molecular flexibility index (Phi) is 4.56. The number of nitrogens with zero attached hydrogens (tertiary/aromatic N) is 2. The molecule has 1 heterocycles. The Hall–Kier alpha value is -1.97. The molecule has 1 aromatic heterocycles. The summed E-state index contributed by atoms with van der Waals surface area (Å²) in [7, 11) is -2.32. The van der Waals surface area contributed by atoms with Crippen molar-refractivity contribution < 1.29 is 17.7 Å². The Morgan fingerprint density at radius 2 is 2.08 bits per heavy atom. The van der Waals surface area contributed by atoms with E-state index in [1.54, 1.807) is 26.0 Å². The number of aromatic nitrogens is 2. The molecule has 136 valence electrons. The first-order valence-corrected chi connectivity index (χ1v) is 9.57. The molecule has 25 heavy (non-hydrogen) atoms. The molecule has 8 nitrogen and oxygen atoms in total. The van der Waals surface area contributed by atoms with Crippen LogP contribution in [0.2, 0.25) is 0 Å². The van der Waals surface area contributed by atoms with Gasteiger partial charge in [0.15, 0.2) is 5.82 Å². The number of methoxy groups -OCH3 is 1. The summed E-state index contributed by atoms with van der Waals surface area (Å²) < 4.78 is 38.1. The highest BCUT2D eigenvalue weighted by Crippen LogP contribution is 2.38. The summed E-state index contributed by atoms with van der Waals surface area (Å²) in [5, 5.41) is 3.96. The minimum atomic E-state index is -3.74. The van der Waals surface area contributed by atoms with Crippen LogP contribution in [-0.4, -0.2) is 31.7 Å². The van der Waals surface area contributed by atoms with Crippen LogP contribution in [-0.2, 0) is 15.6 Å². The maximum Gasteiger partial charge on any atom is 0.258 e. The Bertz CT molecular complexity index is 872. The number of nitrogens with one attached hydrogen (secondary N) is 1. The number of ether oxygens (including phenoxy) is 1. The Morgan fingerprint density at radius 1 is 1.36 bits per heavy atom. The Labute approximate surface area is 146 Å². The fourth-order valence-electron chi connectivity index (χ4n) is 2.72. The normalized spacial score (nSPS) is 16.7. The largest absolute Gasteiger partial charge is 0.495 e. The third kappa shape index (κ3) is 3.39. The van der Waals surface area contributed by atoms with Gasteiger partial charge in [0.05, 0.1) is 12.6 Å². The molecule has 0 aliphatic heterocycles. The van der Waals surface area contributed by atoms with Gasteiger partial charge in [-0.25, -0.2) is 13.1 Å². The van der Waals surface area contributed by atoms with E-state index in [2.05, 4.69) is 14.9 Å². The van der Waals surface area contributed by atoms with Gasteiger partial charge in [-0.05, 0) is 51.3 Å². The lowest BCUT2D eigenvalue weighted by Gasteiger charge is -2.34. The molecule has 3 rings (SSSR count). The predicted molar refractivity (Wildman–Crippen MR) is 91.5 cm³/mol. The van der Waals surface area contributed by atoms with E-state index in [4.69, 9.17) is 15.0 Å². The molecule has 9 heteroatoms. The summed E-state index contributed by atoms with van der Waals surface area (Å²) in [5.41, 5.74) is 6.16. The van der Waals surface area contributed by atoms with Crippen LogP contribution in [0.15, 0.2) is 27.6 Å². The quantitative estimate of drug-likeness (QED) is 0.799. The molecule has 0 unspecified atom stereocenters. The second kappa shape index (κ2) is 6.40. The molecule has 1 fully saturated rings. The minimum Gasteiger partial charge on any atom is -0.495 e. The average molecular weight is 366 g/mol. The van der Waals surface area contributed by atoms with Gasteiger partial charge in [0, 0.05) is 11.6 Å². The molecule has 1 aliphatic rings. The molecular weight excluding hydrogens is 344 g/mol. The second-order valence-corrected chi connectivity index (χ2v) is 8.26. The summed E-state index contributed by atoms with van der Waals surface area (Å²) >= 11 is 0. The monoisotopic (exact) mass is 366 g/mol. The molecule has 3 N–H and O–H groups in total. The van der Waals surface area contributed by atoms with Crippen LogP contribution in [0.3, 0.4) is 0 Å². The minimum absolute atomic E-state index is 0.0204. The third-order valence-corrected chi connectivity index (χ3v) is 5.89. The van der Waals surface area contributed by atoms with E-state index in [9.17, 15) is 8.42 Å². The van der Waals surface area contributed by atoms with Crippen LogP contribution in [0.5, 0.6) is 5.75 Å². The number of nitrogens with two attached hydrogens (primary N) is 1. The van der Waals surface area contributed by atoms with Gasteiger partial charge in [0.1, 0.15) is 10.6 Å². The maximum atomic E-state index is 12.5. The van der Waals surface area contributed by atoms with Crippen LogP contribution in [0.4, 0.5) is 0 Å². The number of hydrogen-bond acceptors (Lipinski definition) is 7. The van der Waals surface area contributed by atoms with Gasteiger partial charge in [0.25, 0.3) is 5.89 Å². The summed E-state index contributed by atoms with van der Waals surface area (Å²) in [6.07, 6.45) is 2.66. The first kappa shape index (κ1) is 17.8. The van der Waals surface area contributed by atoms with Crippen molar-refractivity contribution >= 4 is 10.0 Å². The maximum absolute atomic E-state index is 12.5. The highest BCUT2D eigenvalue weighted by atomic mass is 32.2. The fourth-order valence-corrected chi connectivity index (χ4v) is 4.16. The van der Waals surface area contributed by atoms with Gasteiger partial charge in [-0.1, -0.05) is 5.16 Å². The molecule has 0 atom stereocenters. The van der Waals surface area contributed by atoms with Crippen molar-refractivity contribution in [2.45, 2.75) is 49.6 Å². The van der Waals surface area contributed by atoms with Crippen molar-refractivity contribution in [3.63, 3.8) is 0 Å². The van der Waals surface area contributed by atoms with Gasteiger partial charge in [-0.2, -0.15) is 4.98 Å². The summed E-state index contributed by atoms with van der Waals surface area (Å²) in [6, 6.07) is 4.46. The SMILES string of the molecule is COc1ccc(-c2nc(C3(N)CCC3)no2)cc1S(=O)(=O)NC(C)C. The number of sulfonamides is 1. The van der Waals surface area contributed by atoms with Crippen LogP contribution in [0, 0.1) is 0 Å². The van der Waals surface area contributed by atoms with Crippen molar-refractivity contribution in [3.8, 4) is 17.2 Å². The number of benzene rings is 1. The molecular formula is C16H22N4O4S. The first-order chi connectivity index (χ1) is 11.7. The summed E-state index contributed by atoms with van der Waals surface area (Å²) in [6.45, 7) is 3.49. The number of hydrogen-bond donors (Lipinski definition) is 2. The summed E-state index contributed by atoms with van der Waals surface area (Å²) in [5.74, 6) is 0.926. The molecule has 0 amide bonds. The number of rotatable bonds is 6. The molecule has 0 spiro atoms. The van der Waals surface area contributed by atoms with Crippen molar-refractivity contribution in [1.82, 2.24) is 14.9 Å². The van der Waals surface area contributed by atoms with Gasteiger partial charge >= 0.3 is 0 Å². The van der Waals surface area contributed by atoms with Crippen LogP contribution < -0.4 is 15.2 Å². The van der Waals surface area contributed by atoms with Gasteiger partial charge in [-0.15, -0.1) is 0 Å². The van der Waals surface area contributed by atoms with E-state index < -0.39 is 15.6 Å². The van der Waals surface area contributed by atoms with E-state index in [1.807, 2.05) is 0 Å².